The van der Waals surface area contributed by atoms with Crippen molar-refractivity contribution in [3.63, 3.8) is 0 Å². The van der Waals surface area contributed by atoms with Gasteiger partial charge in [-0.2, -0.15) is 0 Å². The monoisotopic (exact) mass is 480 g/mol. The second-order valence-corrected chi connectivity index (χ2v) is 8.77. The van der Waals surface area contributed by atoms with Crippen molar-refractivity contribution in [2.45, 2.75) is 11.7 Å². The van der Waals surface area contributed by atoms with Crippen LogP contribution in [0.3, 0.4) is 0 Å². The normalized spacial score (nSPS) is 27.2. The molecule has 2 amide bonds. The highest BCUT2D eigenvalue weighted by atomic mass is 16.7. The number of amides is 2. The lowest BCUT2D eigenvalue weighted by molar-refractivity contribution is -0.128. The maximum atomic E-state index is 13.6. The van der Waals surface area contributed by atoms with Gasteiger partial charge in [-0.3, -0.25) is 9.59 Å². The molecule has 0 aromatic heterocycles. The molecule has 0 unspecified atom stereocenters. The SMILES string of the molecule is COc1cc(NC(=O)[C@@H]2[C@H]3C(=O)N(c4ccc5c(c4)OCO5)C[C@@]34C=C[C@H]2O4)cc(OC)c1OC. The van der Waals surface area contributed by atoms with E-state index in [0.29, 0.717) is 46.7 Å². The summed E-state index contributed by atoms with van der Waals surface area (Å²) < 4.78 is 33.2. The van der Waals surface area contributed by atoms with Crippen LogP contribution in [0, 0.1) is 11.8 Å². The topological polar surface area (TPSA) is 105 Å². The molecule has 4 aliphatic heterocycles. The number of ether oxygens (including phenoxy) is 6. The summed E-state index contributed by atoms with van der Waals surface area (Å²) in [5.74, 6) is 0.643. The van der Waals surface area contributed by atoms with E-state index in [4.69, 9.17) is 28.4 Å². The molecule has 10 heteroatoms. The van der Waals surface area contributed by atoms with Gasteiger partial charge in [-0.1, -0.05) is 12.2 Å². The predicted octanol–water partition coefficient (Wildman–Crippen LogP) is 2.37. The molecule has 0 saturated carbocycles. The zero-order valence-electron chi connectivity index (χ0n) is 19.4. The second-order valence-electron chi connectivity index (χ2n) is 8.77. The fraction of sp³-hybridized carbons (Fsp3) is 0.360. The lowest BCUT2D eigenvalue weighted by Crippen LogP contribution is -2.41. The van der Waals surface area contributed by atoms with Gasteiger partial charge in [0.1, 0.15) is 5.60 Å². The van der Waals surface area contributed by atoms with E-state index < -0.39 is 23.5 Å². The van der Waals surface area contributed by atoms with Crippen molar-refractivity contribution in [3.05, 3.63) is 42.5 Å². The molecule has 182 valence electrons. The van der Waals surface area contributed by atoms with E-state index in [1.54, 1.807) is 29.2 Å². The van der Waals surface area contributed by atoms with Crippen molar-refractivity contribution < 1.29 is 38.0 Å². The van der Waals surface area contributed by atoms with Crippen LogP contribution in [0.1, 0.15) is 0 Å². The van der Waals surface area contributed by atoms with Crippen LogP contribution >= 0.6 is 0 Å². The van der Waals surface area contributed by atoms with Crippen molar-refractivity contribution in [2.75, 3.05) is 44.9 Å². The number of nitrogens with zero attached hydrogens (tertiary/aromatic N) is 1. The van der Waals surface area contributed by atoms with Gasteiger partial charge in [0.15, 0.2) is 23.0 Å². The molecule has 0 radical (unpaired) electrons. The van der Waals surface area contributed by atoms with E-state index in [9.17, 15) is 9.59 Å². The van der Waals surface area contributed by atoms with Crippen LogP contribution in [-0.2, 0) is 14.3 Å². The molecule has 4 aliphatic rings. The summed E-state index contributed by atoms with van der Waals surface area (Å²) in [6.45, 7) is 0.465. The highest BCUT2D eigenvalue weighted by Gasteiger charge is 2.67. The van der Waals surface area contributed by atoms with Crippen molar-refractivity contribution >= 4 is 23.2 Å². The number of hydrogen-bond acceptors (Lipinski definition) is 8. The molecule has 6 rings (SSSR count). The highest BCUT2D eigenvalue weighted by molar-refractivity contribution is 6.05. The summed E-state index contributed by atoms with van der Waals surface area (Å²) in [6.07, 6.45) is 3.30. The summed E-state index contributed by atoms with van der Waals surface area (Å²) in [4.78, 5) is 28.8. The number of carbonyl (C=O) groups excluding carboxylic acids is 2. The van der Waals surface area contributed by atoms with Gasteiger partial charge in [0.05, 0.1) is 45.8 Å². The number of methoxy groups -OCH3 is 3. The van der Waals surface area contributed by atoms with Crippen LogP contribution in [0.5, 0.6) is 28.7 Å². The number of carbonyl (C=O) groups is 2. The Morgan fingerprint density at radius 3 is 2.51 bits per heavy atom. The fourth-order valence-corrected chi connectivity index (χ4v) is 5.45. The minimum atomic E-state index is -0.852. The van der Waals surface area contributed by atoms with Gasteiger partial charge in [0.2, 0.25) is 24.4 Å². The van der Waals surface area contributed by atoms with Gasteiger partial charge in [0, 0.05) is 29.6 Å². The Kier molecular flexibility index (Phi) is 4.82. The molecule has 2 bridgehead atoms. The van der Waals surface area contributed by atoms with Gasteiger partial charge in [0.25, 0.3) is 0 Å². The van der Waals surface area contributed by atoms with Crippen molar-refractivity contribution in [2.24, 2.45) is 11.8 Å². The number of fused-ring (bicyclic) bond motifs is 2. The summed E-state index contributed by atoms with van der Waals surface area (Å²) in [5, 5.41) is 2.91. The predicted molar refractivity (Wildman–Crippen MR) is 123 cm³/mol. The van der Waals surface area contributed by atoms with Crippen LogP contribution < -0.4 is 33.9 Å². The molecule has 4 atom stereocenters. The van der Waals surface area contributed by atoms with E-state index in [0.717, 1.165) is 0 Å². The minimum Gasteiger partial charge on any atom is -0.493 e. The van der Waals surface area contributed by atoms with E-state index in [1.807, 2.05) is 18.2 Å². The van der Waals surface area contributed by atoms with E-state index in [-0.39, 0.29) is 18.6 Å². The first-order valence-electron chi connectivity index (χ1n) is 11.2. The summed E-state index contributed by atoms with van der Waals surface area (Å²) in [5.41, 5.74) is 0.283. The maximum Gasteiger partial charge on any atom is 0.234 e. The van der Waals surface area contributed by atoms with Gasteiger partial charge >= 0.3 is 0 Å². The molecule has 4 heterocycles. The van der Waals surface area contributed by atoms with Gasteiger partial charge in [-0.05, 0) is 12.1 Å². The second kappa shape index (κ2) is 7.81. The Balaban J connectivity index is 1.28. The Morgan fingerprint density at radius 1 is 1.06 bits per heavy atom. The van der Waals surface area contributed by atoms with Gasteiger partial charge in [-0.15, -0.1) is 0 Å². The van der Waals surface area contributed by atoms with Crippen molar-refractivity contribution in [3.8, 4) is 28.7 Å². The Bertz CT molecular complexity index is 1240. The molecule has 2 fully saturated rings. The van der Waals surface area contributed by atoms with Crippen molar-refractivity contribution in [1.82, 2.24) is 0 Å². The summed E-state index contributed by atoms with van der Waals surface area (Å²) in [7, 11) is 4.51. The fourth-order valence-electron chi connectivity index (χ4n) is 5.45. The van der Waals surface area contributed by atoms with Crippen molar-refractivity contribution in [1.29, 1.82) is 0 Å². The third kappa shape index (κ3) is 3.13. The molecule has 2 aromatic rings. The van der Waals surface area contributed by atoms with Crippen LogP contribution in [0.25, 0.3) is 0 Å². The number of anilines is 2. The third-order valence-corrected chi connectivity index (χ3v) is 7.00. The molecule has 2 aromatic carbocycles. The highest BCUT2D eigenvalue weighted by Crippen LogP contribution is 2.53. The molecule has 1 N–H and O–H groups in total. The van der Waals surface area contributed by atoms with E-state index in [1.165, 1.54) is 21.3 Å². The molecule has 1 spiro atoms. The standard InChI is InChI=1S/C25H24N2O8/c1-30-18-8-13(9-19(31-2)22(18)32-3)26-23(28)20-16-6-7-25(35-16)11-27(24(29)21(20)25)14-4-5-15-17(10-14)34-12-33-15/h4-10,16,20-21H,11-12H2,1-3H3,(H,26,28)/t16-,20+,21+,25+/m1/s1. The first kappa shape index (κ1) is 21.6. The first-order chi connectivity index (χ1) is 17.0. The lowest BCUT2D eigenvalue weighted by Gasteiger charge is -2.24. The molecular weight excluding hydrogens is 456 g/mol. The molecule has 10 nitrogen and oxygen atoms in total. The minimum absolute atomic E-state index is 0.149. The average molecular weight is 480 g/mol. The third-order valence-electron chi connectivity index (χ3n) is 7.00. The van der Waals surface area contributed by atoms with Crippen LogP contribution in [0.4, 0.5) is 11.4 Å². The zero-order chi connectivity index (χ0) is 24.3. The van der Waals surface area contributed by atoms with E-state index in [2.05, 4.69) is 5.32 Å². The smallest absolute Gasteiger partial charge is 0.234 e. The molecule has 2 saturated heterocycles. The van der Waals surface area contributed by atoms with Crippen LogP contribution in [0.15, 0.2) is 42.5 Å². The van der Waals surface area contributed by atoms with Crippen LogP contribution in [0.2, 0.25) is 0 Å². The molecule has 0 aliphatic carbocycles. The van der Waals surface area contributed by atoms with E-state index >= 15 is 0 Å². The largest absolute Gasteiger partial charge is 0.493 e. The Labute approximate surface area is 201 Å². The van der Waals surface area contributed by atoms with Gasteiger partial charge < -0.3 is 38.6 Å². The zero-order valence-corrected chi connectivity index (χ0v) is 19.4. The first-order valence-corrected chi connectivity index (χ1v) is 11.2. The average Bonchev–Trinajstić information content (AvgIpc) is 3.63. The summed E-state index contributed by atoms with van der Waals surface area (Å²) in [6, 6.07) is 8.66. The maximum absolute atomic E-state index is 13.6. The Hall–Kier alpha value is -3.92. The lowest BCUT2D eigenvalue weighted by atomic mass is 9.77. The van der Waals surface area contributed by atoms with Gasteiger partial charge in [-0.25, -0.2) is 0 Å². The quantitative estimate of drug-likeness (QED) is 0.629. The number of hydrogen-bond donors (Lipinski definition) is 1. The number of benzene rings is 2. The Morgan fingerprint density at radius 2 is 1.80 bits per heavy atom. The molecule has 35 heavy (non-hydrogen) atoms. The summed E-state index contributed by atoms with van der Waals surface area (Å²) >= 11 is 0. The number of rotatable bonds is 6. The van der Waals surface area contributed by atoms with Crippen LogP contribution in [-0.4, -0.2) is 58.2 Å². The molecular formula is C25H24N2O8. The number of nitrogens with one attached hydrogen (secondary N) is 1.